The Hall–Kier alpha value is -0.620. The van der Waals surface area contributed by atoms with Crippen LogP contribution in [-0.2, 0) is 16.4 Å². The molecule has 0 amide bonds. The average Bonchev–Trinajstić information content (AvgIpc) is 2.80. The number of aryl methyl sites for hydroxylation is 1. The minimum atomic E-state index is -3.14. The van der Waals surface area contributed by atoms with E-state index in [4.69, 9.17) is 0 Å². The largest absolute Gasteiger partial charge is 0.316 e. The van der Waals surface area contributed by atoms with E-state index in [0.29, 0.717) is 18.3 Å². The smallest absolute Gasteiger partial charge is 0.212 e. The van der Waals surface area contributed by atoms with Crippen molar-refractivity contribution in [3.05, 3.63) is 35.9 Å². The van der Waals surface area contributed by atoms with E-state index in [1.807, 2.05) is 30.3 Å². The molecule has 2 aliphatic rings. The monoisotopic (exact) mass is 302 g/mol. The van der Waals surface area contributed by atoms with Gasteiger partial charge in [0.15, 0.2) is 0 Å². The van der Waals surface area contributed by atoms with Crippen molar-refractivity contribution < 1.29 is 8.42 Å². The summed E-state index contributed by atoms with van der Waals surface area (Å²) in [6.45, 7) is 1.91. The first-order valence-corrected chi connectivity index (χ1v) is 8.05. The van der Waals surface area contributed by atoms with Crippen LogP contribution in [0, 0.1) is 11.8 Å². The molecule has 4 nitrogen and oxygen atoms in total. The fraction of sp³-hybridized carbons (Fsp3) is 0.538. The molecule has 106 valence electrons. The summed E-state index contributed by atoms with van der Waals surface area (Å²) in [7, 11) is -3.14. The number of hydrogen-bond acceptors (Lipinski definition) is 3. The lowest BCUT2D eigenvalue weighted by Gasteiger charge is -2.08. The zero-order valence-electron chi connectivity index (χ0n) is 10.6. The third-order valence-electron chi connectivity index (χ3n) is 3.91. The molecule has 1 heterocycles. The van der Waals surface area contributed by atoms with Gasteiger partial charge >= 0.3 is 0 Å². The highest BCUT2D eigenvalue weighted by atomic mass is 35.5. The maximum absolute atomic E-state index is 12.0. The molecule has 3 rings (SSSR count). The highest BCUT2D eigenvalue weighted by Crippen LogP contribution is 2.41. The summed E-state index contributed by atoms with van der Waals surface area (Å²) in [4.78, 5) is 0. The summed E-state index contributed by atoms with van der Waals surface area (Å²) >= 11 is 0. The van der Waals surface area contributed by atoms with Crippen LogP contribution in [-0.4, -0.2) is 33.3 Å². The number of rotatable bonds is 5. The lowest BCUT2D eigenvalue weighted by molar-refractivity contribution is 0.564. The molecule has 0 aromatic heterocycles. The molecule has 2 unspecified atom stereocenters. The van der Waals surface area contributed by atoms with Crippen LogP contribution in [0.25, 0.3) is 0 Å². The summed E-state index contributed by atoms with van der Waals surface area (Å²) in [5.41, 5.74) is 1.07. The van der Waals surface area contributed by atoms with Gasteiger partial charge in [-0.2, -0.15) is 0 Å². The summed E-state index contributed by atoms with van der Waals surface area (Å²) < 4.78 is 26.7. The normalized spacial score (nSPS) is 28.5. The fourth-order valence-corrected chi connectivity index (χ4v) is 4.14. The Bertz CT molecular complexity index is 511. The van der Waals surface area contributed by atoms with Crippen LogP contribution in [0.2, 0.25) is 0 Å². The molecule has 0 radical (unpaired) electrons. The van der Waals surface area contributed by atoms with Gasteiger partial charge in [0.25, 0.3) is 0 Å². The predicted molar refractivity (Wildman–Crippen MR) is 78.0 cm³/mol. The minimum Gasteiger partial charge on any atom is -0.316 e. The molecule has 2 atom stereocenters. The molecule has 0 spiro atoms. The van der Waals surface area contributed by atoms with Crippen molar-refractivity contribution in [2.45, 2.75) is 12.5 Å². The number of hydrogen-bond donors (Lipinski definition) is 2. The van der Waals surface area contributed by atoms with Crippen LogP contribution < -0.4 is 10.0 Å². The van der Waals surface area contributed by atoms with E-state index in [9.17, 15) is 8.42 Å². The highest BCUT2D eigenvalue weighted by Gasteiger charge is 2.54. The minimum absolute atomic E-state index is 0. The second-order valence-corrected chi connectivity index (χ2v) is 7.06. The van der Waals surface area contributed by atoms with Gasteiger partial charge in [0.05, 0.1) is 5.75 Å². The van der Waals surface area contributed by atoms with Crippen molar-refractivity contribution in [3.8, 4) is 0 Å². The molecule has 1 aliphatic heterocycles. The molecule has 0 bridgehead atoms. The SMILES string of the molecule is Cl.O=S(=O)(CCc1ccccc1)NC1C2CNCC21. The molecule has 6 heteroatoms. The van der Waals surface area contributed by atoms with Gasteiger partial charge in [-0.05, 0) is 36.9 Å². The predicted octanol–water partition coefficient (Wildman–Crippen LogP) is 0.788. The summed E-state index contributed by atoms with van der Waals surface area (Å²) in [6, 6.07) is 9.93. The Morgan fingerprint density at radius 3 is 2.42 bits per heavy atom. The second kappa shape index (κ2) is 5.79. The summed E-state index contributed by atoms with van der Waals surface area (Å²) in [5, 5.41) is 3.26. The van der Waals surface area contributed by atoms with Crippen LogP contribution in [0.5, 0.6) is 0 Å². The third-order valence-corrected chi connectivity index (χ3v) is 5.28. The Kier molecular flexibility index (Phi) is 4.50. The highest BCUT2D eigenvalue weighted by molar-refractivity contribution is 7.89. The zero-order valence-corrected chi connectivity index (χ0v) is 12.2. The molecular formula is C13H19ClN2O2S. The van der Waals surface area contributed by atoms with Crippen LogP contribution >= 0.6 is 12.4 Å². The molecule has 2 N–H and O–H groups in total. The molecule has 2 fully saturated rings. The molecule has 1 aromatic carbocycles. The van der Waals surface area contributed by atoms with E-state index in [1.165, 1.54) is 0 Å². The van der Waals surface area contributed by atoms with Gasteiger partial charge in [0.1, 0.15) is 0 Å². The van der Waals surface area contributed by atoms with Crippen molar-refractivity contribution in [3.63, 3.8) is 0 Å². The van der Waals surface area contributed by atoms with E-state index < -0.39 is 10.0 Å². The van der Waals surface area contributed by atoms with Gasteiger partial charge in [-0.3, -0.25) is 0 Å². The average molecular weight is 303 g/mol. The van der Waals surface area contributed by atoms with Crippen molar-refractivity contribution in [2.24, 2.45) is 11.8 Å². The molecule has 1 saturated carbocycles. The molecule has 1 aromatic rings. The Morgan fingerprint density at radius 1 is 1.16 bits per heavy atom. The van der Waals surface area contributed by atoms with Crippen molar-refractivity contribution in [1.82, 2.24) is 10.0 Å². The molecule has 19 heavy (non-hydrogen) atoms. The fourth-order valence-electron chi connectivity index (χ4n) is 2.76. The van der Waals surface area contributed by atoms with Crippen molar-refractivity contribution >= 4 is 22.4 Å². The Morgan fingerprint density at radius 2 is 1.79 bits per heavy atom. The van der Waals surface area contributed by atoms with Crippen LogP contribution in [0.1, 0.15) is 5.56 Å². The van der Waals surface area contributed by atoms with Gasteiger partial charge in [-0.15, -0.1) is 12.4 Å². The van der Waals surface area contributed by atoms with Gasteiger partial charge < -0.3 is 5.32 Å². The molecule has 1 saturated heterocycles. The van der Waals surface area contributed by atoms with E-state index in [0.717, 1.165) is 18.7 Å². The summed E-state index contributed by atoms with van der Waals surface area (Å²) in [6.07, 6.45) is 0.580. The lowest BCUT2D eigenvalue weighted by Crippen LogP contribution is -2.34. The van der Waals surface area contributed by atoms with E-state index in [-0.39, 0.29) is 24.2 Å². The zero-order chi connectivity index (χ0) is 12.6. The maximum atomic E-state index is 12.0. The number of halogens is 1. The second-order valence-electron chi connectivity index (χ2n) is 5.18. The first kappa shape index (κ1) is 14.8. The van der Waals surface area contributed by atoms with Gasteiger partial charge in [0, 0.05) is 6.04 Å². The molecule has 1 aliphatic carbocycles. The number of nitrogens with one attached hydrogen (secondary N) is 2. The number of benzene rings is 1. The first-order chi connectivity index (χ1) is 8.66. The Labute approximate surface area is 120 Å². The molecular weight excluding hydrogens is 284 g/mol. The number of sulfonamides is 1. The van der Waals surface area contributed by atoms with Crippen molar-refractivity contribution in [1.29, 1.82) is 0 Å². The number of piperidine rings is 1. The van der Waals surface area contributed by atoms with Gasteiger partial charge in [0.2, 0.25) is 10.0 Å². The quantitative estimate of drug-likeness (QED) is 0.845. The Balaban J connectivity index is 0.00000133. The van der Waals surface area contributed by atoms with E-state index in [1.54, 1.807) is 0 Å². The topological polar surface area (TPSA) is 58.2 Å². The standard InChI is InChI=1S/C13H18N2O2S.ClH/c16-18(17,7-6-10-4-2-1-3-5-10)15-13-11-8-14-9-12(11)13;/h1-5,11-15H,6-9H2;1H. The lowest BCUT2D eigenvalue weighted by atomic mass is 10.2. The number of fused-ring (bicyclic) bond motifs is 1. The summed E-state index contributed by atoms with van der Waals surface area (Å²) in [5.74, 6) is 1.23. The van der Waals surface area contributed by atoms with E-state index in [2.05, 4.69) is 10.0 Å². The van der Waals surface area contributed by atoms with E-state index >= 15 is 0 Å². The van der Waals surface area contributed by atoms with Gasteiger partial charge in [-0.25, -0.2) is 13.1 Å². The maximum Gasteiger partial charge on any atom is 0.212 e. The van der Waals surface area contributed by atoms with Crippen LogP contribution in [0.3, 0.4) is 0 Å². The van der Waals surface area contributed by atoms with Crippen LogP contribution in [0.15, 0.2) is 30.3 Å². The third kappa shape index (κ3) is 3.48. The van der Waals surface area contributed by atoms with Gasteiger partial charge in [-0.1, -0.05) is 30.3 Å². The first-order valence-electron chi connectivity index (χ1n) is 6.40. The van der Waals surface area contributed by atoms with Crippen LogP contribution in [0.4, 0.5) is 0 Å². The van der Waals surface area contributed by atoms with Crippen molar-refractivity contribution in [2.75, 3.05) is 18.8 Å².